The van der Waals surface area contributed by atoms with Crippen molar-refractivity contribution in [2.24, 2.45) is 5.10 Å². The highest BCUT2D eigenvalue weighted by molar-refractivity contribution is 6.32. The van der Waals surface area contributed by atoms with Crippen molar-refractivity contribution in [2.45, 2.75) is 13.8 Å². The summed E-state index contributed by atoms with van der Waals surface area (Å²) < 4.78 is 28.7. The molecule has 0 aromatic heterocycles. The summed E-state index contributed by atoms with van der Waals surface area (Å²) in [5.41, 5.74) is 3.13. The molecule has 0 bridgehead atoms. The lowest BCUT2D eigenvalue weighted by Gasteiger charge is -2.14. The summed E-state index contributed by atoms with van der Waals surface area (Å²) >= 11 is 6.24. The summed E-state index contributed by atoms with van der Waals surface area (Å²) in [6, 6.07) is 8.20. The number of halogens is 2. The van der Waals surface area contributed by atoms with Crippen molar-refractivity contribution < 1.29 is 28.2 Å². The Bertz CT molecular complexity index is 887. The lowest BCUT2D eigenvalue weighted by Crippen LogP contribution is -2.17. The van der Waals surface area contributed by atoms with Crippen LogP contribution in [0.1, 0.15) is 29.8 Å². The van der Waals surface area contributed by atoms with Crippen molar-refractivity contribution in [3.05, 3.63) is 58.4 Å². The largest absolute Gasteiger partial charge is 0.490 e. The zero-order valence-electron chi connectivity index (χ0n) is 15.9. The summed E-state index contributed by atoms with van der Waals surface area (Å²) in [5, 5.41) is 4.06. The van der Waals surface area contributed by atoms with Crippen molar-refractivity contribution >= 4 is 29.7 Å². The van der Waals surface area contributed by atoms with Crippen molar-refractivity contribution in [1.82, 2.24) is 5.43 Å². The number of benzene rings is 2. The van der Waals surface area contributed by atoms with Gasteiger partial charge in [-0.25, -0.2) is 14.6 Å². The van der Waals surface area contributed by atoms with Crippen molar-refractivity contribution in [2.75, 3.05) is 19.8 Å². The van der Waals surface area contributed by atoms with E-state index in [1.807, 2.05) is 0 Å². The molecule has 0 spiro atoms. The Labute approximate surface area is 172 Å². The van der Waals surface area contributed by atoms with Gasteiger partial charge in [0.05, 0.1) is 24.5 Å². The highest BCUT2D eigenvalue weighted by atomic mass is 35.5. The van der Waals surface area contributed by atoms with Crippen LogP contribution in [0, 0.1) is 5.82 Å². The fourth-order valence-electron chi connectivity index (χ4n) is 2.23. The predicted molar refractivity (Wildman–Crippen MR) is 106 cm³/mol. The number of amides is 1. The van der Waals surface area contributed by atoms with Gasteiger partial charge in [0.25, 0.3) is 5.91 Å². The molecule has 0 unspecified atom stereocenters. The van der Waals surface area contributed by atoms with Gasteiger partial charge in [0.15, 0.2) is 18.1 Å². The number of nitrogens with one attached hydrogen (secondary N) is 1. The Morgan fingerprint density at radius 1 is 1.14 bits per heavy atom. The van der Waals surface area contributed by atoms with Gasteiger partial charge in [-0.15, -0.1) is 0 Å². The van der Waals surface area contributed by atoms with Crippen molar-refractivity contribution in [3.63, 3.8) is 0 Å². The lowest BCUT2D eigenvalue weighted by atomic mass is 10.2. The Morgan fingerprint density at radius 2 is 1.86 bits per heavy atom. The first kappa shape index (κ1) is 22.2. The van der Waals surface area contributed by atoms with Crippen LogP contribution in [0.2, 0.25) is 5.02 Å². The molecule has 154 valence electrons. The molecule has 0 aliphatic rings. The molecule has 0 saturated carbocycles. The molecule has 9 heteroatoms. The number of hydrazone groups is 1. The van der Waals surface area contributed by atoms with E-state index >= 15 is 0 Å². The van der Waals surface area contributed by atoms with Crippen LogP contribution in [0.4, 0.5) is 4.39 Å². The Morgan fingerprint density at radius 3 is 2.52 bits per heavy atom. The summed E-state index contributed by atoms with van der Waals surface area (Å²) in [6.07, 6.45) is 1.37. The molecule has 1 amide bonds. The summed E-state index contributed by atoms with van der Waals surface area (Å²) in [4.78, 5) is 23.5. The molecule has 0 aliphatic carbocycles. The normalized spacial score (nSPS) is 10.6. The second kappa shape index (κ2) is 11.0. The number of carbonyl (C=O) groups is 2. The highest BCUT2D eigenvalue weighted by Gasteiger charge is 2.14. The number of ether oxygens (including phenoxy) is 3. The van der Waals surface area contributed by atoms with E-state index in [4.69, 9.17) is 25.8 Å². The van der Waals surface area contributed by atoms with Crippen LogP contribution in [0.25, 0.3) is 0 Å². The Balaban J connectivity index is 2.10. The summed E-state index contributed by atoms with van der Waals surface area (Å²) in [7, 11) is 0. The first-order valence-electron chi connectivity index (χ1n) is 8.78. The minimum absolute atomic E-state index is 0.201. The quantitative estimate of drug-likeness (QED) is 0.379. The van der Waals surface area contributed by atoms with Gasteiger partial charge < -0.3 is 14.2 Å². The monoisotopic (exact) mass is 422 g/mol. The fourth-order valence-corrected chi connectivity index (χ4v) is 2.50. The fraction of sp³-hybridized carbons (Fsp3) is 0.250. The molecule has 0 heterocycles. The standard InChI is InChI=1S/C20H20ClFN2O5/c1-3-27-17-10-13(9-16(21)19(17)29-12-18(25)28-4-2)11-23-24-20(26)14-5-7-15(22)8-6-14/h5-11H,3-4,12H2,1-2H3,(H,24,26)/b23-11-. The molecule has 2 rings (SSSR count). The minimum atomic E-state index is -0.528. The van der Waals surface area contributed by atoms with Gasteiger partial charge in [0, 0.05) is 5.56 Å². The van der Waals surface area contributed by atoms with Gasteiger partial charge in [-0.1, -0.05) is 11.6 Å². The van der Waals surface area contributed by atoms with E-state index in [1.54, 1.807) is 19.9 Å². The first-order chi connectivity index (χ1) is 13.9. The predicted octanol–water partition coefficient (Wildman–Crippen LogP) is 3.58. The third-order valence-corrected chi connectivity index (χ3v) is 3.74. The topological polar surface area (TPSA) is 86.2 Å². The molecule has 2 aromatic rings. The second-order valence-electron chi connectivity index (χ2n) is 5.56. The third kappa shape index (κ3) is 6.76. The van der Waals surface area contributed by atoms with Crippen LogP contribution in [0.5, 0.6) is 11.5 Å². The highest BCUT2D eigenvalue weighted by Crippen LogP contribution is 2.36. The maximum Gasteiger partial charge on any atom is 0.344 e. The molecular weight excluding hydrogens is 403 g/mol. The van der Waals surface area contributed by atoms with E-state index in [2.05, 4.69) is 10.5 Å². The molecule has 29 heavy (non-hydrogen) atoms. The van der Waals surface area contributed by atoms with Gasteiger partial charge in [-0.05, 0) is 55.8 Å². The number of esters is 1. The van der Waals surface area contributed by atoms with Crippen molar-refractivity contribution in [3.8, 4) is 11.5 Å². The minimum Gasteiger partial charge on any atom is -0.490 e. The van der Waals surface area contributed by atoms with Crippen LogP contribution in [-0.2, 0) is 9.53 Å². The van der Waals surface area contributed by atoms with Gasteiger partial charge >= 0.3 is 5.97 Å². The average Bonchev–Trinajstić information content (AvgIpc) is 2.68. The number of carbonyl (C=O) groups excluding carboxylic acids is 2. The van der Waals surface area contributed by atoms with Crippen LogP contribution in [-0.4, -0.2) is 37.9 Å². The van der Waals surface area contributed by atoms with E-state index in [1.165, 1.54) is 36.5 Å². The lowest BCUT2D eigenvalue weighted by molar-refractivity contribution is -0.145. The van der Waals surface area contributed by atoms with E-state index in [0.29, 0.717) is 17.9 Å². The SMILES string of the molecule is CCOC(=O)COc1c(Cl)cc(/C=N\NC(=O)c2ccc(F)cc2)cc1OCC. The number of hydrogen-bond donors (Lipinski definition) is 1. The Kier molecular flexibility index (Phi) is 8.42. The van der Waals surface area contributed by atoms with E-state index in [0.717, 1.165) is 0 Å². The van der Waals surface area contributed by atoms with E-state index in [-0.39, 0.29) is 29.5 Å². The van der Waals surface area contributed by atoms with Gasteiger partial charge in [-0.3, -0.25) is 4.79 Å². The zero-order chi connectivity index (χ0) is 21.2. The first-order valence-corrected chi connectivity index (χ1v) is 9.16. The third-order valence-electron chi connectivity index (χ3n) is 3.46. The van der Waals surface area contributed by atoms with Crippen LogP contribution in [0.15, 0.2) is 41.5 Å². The molecule has 0 atom stereocenters. The van der Waals surface area contributed by atoms with Gasteiger partial charge in [0.2, 0.25) is 0 Å². The summed E-state index contributed by atoms with van der Waals surface area (Å²) in [5.74, 6) is -0.940. The molecule has 7 nitrogen and oxygen atoms in total. The molecule has 0 saturated heterocycles. The maximum atomic E-state index is 12.9. The number of nitrogens with zero attached hydrogens (tertiary/aromatic N) is 1. The molecular formula is C20H20ClFN2O5. The Hall–Kier alpha value is -3.13. The molecule has 2 aromatic carbocycles. The second-order valence-corrected chi connectivity index (χ2v) is 5.97. The van der Waals surface area contributed by atoms with Gasteiger partial charge in [0.1, 0.15) is 5.82 Å². The maximum absolute atomic E-state index is 12.9. The van der Waals surface area contributed by atoms with Crippen molar-refractivity contribution in [1.29, 1.82) is 0 Å². The summed E-state index contributed by atoms with van der Waals surface area (Å²) in [6.45, 7) is 3.75. The zero-order valence-corrected chi connectivity index (χ0v) is 16.7. The number of hydrogen-bond acceptors (Lipinski definition) is 6. The smallest absolute Gasteiger partial charge is 0.344 e. The molecule has 0 radical (unpaired) electrons. The average molecular weight is 423 g/mol. The van der Waals surface area contributed by atoms with Crippen LogP contribution >= 0.6 is 11.6 Å². The van der Waals surface area contributed by atoms with Crippen LogP contribution in [0.3, 0.4) is 0 Å². The number of rotatable bonds is 9. The molecule has 0 aliphatic heterocycles. The van der Waals surface area contributed by atoms with E-state index < -0.39 is 17.7 Å². The van der Waals surface area contributed by atoms with Crippen LogP contribution < -0.4 is 14.9 Å². The molecule has 1 N–H and O–H groups in total. The van der Waals surface area contributed by atoms with E-state index in [9.17, 15) is 14.0 Å². The molecule has 0 fully saturated rings. The van der Waals surface area contributed by atoms with Gasteiger partial charge in [-0.2, -0.15) is 5.10 Å².